The third-order valence-corrected chi connectivity index (χ3v) is 4.06. The van der Waals surface area contributed by atoms with E-state index in [9.17, 15) is 4.79 Å². The van der Waals surface area contributed by atoms with E-state index in [-0.39, 0.29) is 11.9 Å². The Labute approximate surface area is 101 Å². The van der Waals surface area contributed by atoms with Crippen molar-refractivity contribution in [3.05, 3.63) is 20.8 Å². The minimum Gasteiger partial charge on any atom is -0.350 e. The van der Waals surface area contributed by atoms with E-state index < -0.39 is 0 Å². The Morgan fingerprint density at radius 2 is 2.47 bits per heavy atom. The highest BCUT2D eigenvalue weighted by Crippen LogP contribution is 2.31. The molecule has 2 rings (SSSR count). The quantitative estimate of drug-likeness (QED) is 0.890. The van der Waals surface area contributed by atoms with Gasteiger partial charge in [0.15, 0.2) is 0 Å². The van der Waals surface area contributed by atoms with Crippen LogP contribution in [0.2, 0.25) is 0 Å². The van der Waals surface area contributed by atoms with Gasteiger partial charge in [-0.3, -0.25) is 4.79 Å². The molecule has 1 amide bonds. The molecule has 1 aromatic heterocycles. The number of amides is 1. The molecule has 82 valence electrons. The molecule has 0 radical (unpaired) electrons. The predicted octanol–water partition coefficient (Wildman–Crippen LogP) is 1.98. The van der Waals surface area contributed by atoms with Crippen molar-refractivity contribution in [1.29, 1.82) is 0 Å². The van der Waals surface area contributed by atoms with Gasteiger partial charge in [-0.15, -0.1) is 11.3 Å². The molecule has 1 fully saturated rings. The summed E-state index contributed by atoms with van der Waals surface area (Å²) < 4.78 is 0.971. The van der Waals surface area contributed by atoms with E-state index in [1.807, 2.05) is 11.4 Å². The zero-order valence-corrected chi connectivity index (χ0v) is 10.6. The Balaban J connectivity index is 1.81. The minimum atomic E-state index is -0.0342. The number of hydrogen-bond acceptors (Lipinski definition) is 3. The number of carbonyl (C=O) groups is 1. The fourth-order valence-electron chi connectivity index (χ4n) is 1.43. The van der Waals surface area contributed by atoms with Gasteiger partial charge in [-0.25, -0.2) is 0 Å². The molecule has 1 atom stereocenters. The minimum absolute atomic E-state index is 0.0342. The highest BCUT2D eigenvalue weighted by atomic mass is 79.9. The van der Waals surface area contributed by atoms with E-state index >= 15 is 0 Å². The predicted molar refractivity (Wildman–Crippen MR) is 65.1 cm³/mol. The summed E-state index contributed by atoms with van der Waals surface area (Å²) in [6.07, 6.45) is 2.42. The number of rotatable bonds is 4. The third-order valence-electron chi connectivity index (χ3n) is 2.56. The Kier molecular flexibility index (Phi) is 3.43. The first-order chi connectivity index (χ1) is 7.16. The second-order valence-corrected chi connectivity index (χ2v) is 6.14. The summed E-state index contributed by atoms with van der Waals surface area (Å²) in [5, 5.41) is 4.69. The zero-order valence-electron chi connectivity index (χ0n) is 8.20. The number of thiophene rings is 1. The average Bonchev–Trinajstić information content (AvgIpc) is 2.97. The molecule has 3 nitrogen and oxygen atoms in total. The van der Waals surface area contributed by atoms with Crippen LogP contribution in [0.3, 0.4) is 0 Å². The highest BCUT2D eigenvalue weighted by molar-refractivity contribution is 9.11. The first-order valence-corrected chi connectivity index (χ1v) is 6.62. The Bertz CT molecular complexity index is 362. The van der Waals surface area contributed by atoms with Crippen LogP contribution in [0.15, 0.2) is 15.2 Å². The van der Waals surface area contributed by atoms with Gasteiger partial charge >= 0.3 is 0 Å². The van der Waals surface area contributed by atoms with Gasteiger partial charge in [0.2, 0.25) is 0 Å². The summed E-state index contributed by atoms with van der Waals surface area (Å²) in [5.41, 5.74) is 6.59. The van der Waals surface area contributed by atoms with Crippen molar-refractivity contribution < 1.29 is 4.79 Å². The van der Waals surface area contributed by atoms with Crippen molar-refractivity contribution in [2.45, 2.75) is 18.9 Å². The first kappa shape index (κ1) is 11.1. The molecular weight excluding hydrogens is 276 g/mol. The third kappa shape index (κ3) is 3.03. The molecule has 1 aromatic rings. The largest absolute Gasteiger partial charge is 0.350 e. The number of hydrogen-bond donors (Lipinski definition) is 2. The summed E-state index contributed by atoms with van der Waals surface area (Å²) >= 11 is 4.84. The number of nitrogens with one attached hydrogen (secondary N) is 1. The molecule has 5 heteroatoms. The standard InChI is InChI=1S/C10H13BrN2OS/c11-9-3-7(5-15-9)10(14)13-4-8(12)6-1-2-6/h3,5-6,8H,1-2,4,12H2,(H,13,14). The molecule has 1 saturated carbocycles. The topological polar surface area (TPSA) is 55.1 Å². The van der Waals surface area contributed by atoms with E-state index in [1.165, 1.54) is 24.2 Å². The summed E-state index contributed by atoms with van der Waals surface area (Å²) in [5.74, 6) is 0.590. The maximum absolute atomic E-state index is 11.6. The van der Waals surface area contributed by atoms with Crippen LogP contribution in [0.1, 0.15) is 23.2 Å². The molecule has 0 aliphatic heterocycles. The molecule has 3 N–H and O–H groups in total. The Morgan fingerprint density at radius 1 is 1.73 bits per heavy atom. The van der Waals surface area contributed by atoms with Gasteiger partial charge in [0.1, 0.15) is 0 Å². The van der Waals surface area contributed by atoms with Crippen LogP contribution in [0.5, 0.6) is 0 Å². The van der Waals surface area contributed by atoms with E-state index in [1.54, 1.807) is 0 Å². The summed E-state index contributed by atoms with van der Waals surface area (Å²) in [4.78, 5) is 11.6. The van der Waals surface area contributed by atoms with Crippen molar-refractivity contribution in [3.63, 3.8) is 0 Å². The molecule has 0 aromatic carbocycles. The number of carbonyl (C=O) groups excluding carboxylic acids is 1. The molecule has 0 saturated heterocycles. The number of nitrogens with two attached hydrogens (primary N) is 1. The van der Waals surface area contributed by atoms with Gasteiger partial charge in [-0.1, -0.05) is 0 Å². The number of halogens is 1. The smallest absolute Gasteiger partial charge is 0.252 e. The SMILES string of the molecule is NC(CNC(=O)c1csc(Br)c1)C1CC1. The Hall–Kier alpha value is -0.390. The lowest BCUT2D eigenvalue weighted by Gasteiger charge is -2.10. The highest BCUT2D eigenvalue weighted by Gasteiger charge is 2.28. The average molecular weight is 289 g/mol. The van der Waals surface area contributed by atoms with E-state index in [0.29, 0.717) is 18.0 Å². The zero-order chi connectivity index (χ0) is 10.8. The lowest BCUT2D eigenvalue weighted by atomic mass is 10.2. The van der Waals surface area contributed by atoms with Crippen LogP contribution < -0.4 is 11.1 Å². The van der Waals surface area contributed by atoms with Gasteiger partial charge in [0.25, 0.3) is 5.91 Å². The van der Waals surface area contributed by atoms with Gasteiger partial charge in [0, 0.05) is 18.0 Å². The van der Waals surface area contributed by atoms with Crippen molar-refractivity contribution in [2.75, 3.05) is 6.54 Å². The fourth-order valence-corrected chi connectivity index (χ4v) is 2.57. The maximum atomic E-state index is 11.6. The van der Waals surface area contributed by atoms with Crippen LogP contribution in [0.4, 0.5) is 0 Å². The van der Waals surface area contributed by atoms with Gasteiger partial charge in [-0.05, 0) is 40.8 Å². The lowest BCUT2D eigenvalue weighted by molar-refractivity contribution is 0.0950. The van der Waals surface area contributed by atoms with Crippen LogP contribution in [0.25, 0.3) is 0 Å². The first-order valence-electron chi connectivity index (χ1n) is 4.94. The molecule has 15 heavy (non-hydrogen) atoms. The summed E-state index contributed by atoms with van der Waals surface area (Å²) in [6, 6.07) is 1.94. The van der Waals surface area contributed by atoms with Crippen LogP contribution in [-0.2, 0) is 0 Å². The summed E-state index contributed by atoms with van der Waals surface area (Å²) in [6.45, 7) is 0.580. The van der Waals surface area contributed by atoms with Crippen LogP contribution >= 0.6 is 27.3 Å². The normalized spacial score (nSPS) is 17.5. The second kappa shape index (κ2) is 4.63. The molecule has 1 unspecified atom stereocenters. The van der Waals surface area contributed by atoms with Crippen LogP contribution in [0, 0.1) is 5.92 Å². The molecule has 1 aliphatic carbocycles. The van der Waals surface area contributed by atoms with Gasteiger partial charge in [0.05, 0.1) is 9.35 Å². The van der Waals surface area contributed by atoms with Gasteiger partial charge < -0.3 is 11.1 Å². The molecule has 0 bridgehead atoms. The van der Waals surface area contributed by atoms with Crippen molar-refractivity contribution >= 4 is 33.2 Å². The molecule has 1 heterocycles. The molecule has 1 aliphatic rings. The van der Waals surface area contributed by atoms with E-state index in [2.05, 4.69) is 21.2 Å². The van der Waals surface area contributed by atoms with Crippen molar-refractivity contribution in [1.82, 2.24) is 5.32 Å². The lowest BCUT2D eigenvalue weighted by Crippen LogP contribution is -2.38. The molecule has 0 spiro atoms. The van der Waals surface area contributed by atoms with Gasteiger partial charge in [-0.2, -0.15) is 0 Å². The maximum Gasteiger partial charge on any atom is 0.252 e. The van der Waals surface area contributed by atoms with Crippen molar-refractivity contribution in [2.24, 2.45) is 11.7 Å². The monoisotopic (exact) mass is 288 g/mol. The molecular formula is C10H13BrN2OS. The van der Waals surface area contributed by atoms with Crippen LogP contribution in [-0.4, -0.2) is 18.5 Å². The fraction of sp³-hybridized carbons (Fsp3) is 0.500. The second-order valence-electron chi connectivity index (χ2n) is 3.85. The van der Waals surface area contributed by atoms with E-state index in [4.69, 9.17) is 5.73 Å². The van der Waals surface area contributed by atoms with Crippen molar-refractivity contribution in [3.8, 4) is 0 Å². The Morgan fingerprint density at radius 3 is 3.00 bits per heavy atom. The summed E-state index contributed by atoms with van der Waals surface area (Å²) in [7, 11) is 0. The van der Waals surface area contributed by atoms with E-state index in [0.717, 1.165) is 3.79 Å².